The summed E-state index contributed by atoms with van der Waals surface area (Å²) in [6.07, 6.45) is 3.81. The Morgan fingerprint density at radius 3 is 2.72 bits per heavy atom. The van der Waals surface area contributed by atoms with Gasteiger partial charge in [0.15, 0.2) is 5.78 Å². The lowest BCUT2D eigenvalue weighted by molar-refractivity contribution is -0.128. The first kappa shape index (κ1) is 15.2. The molecule has 100 valence electrons. The molecule has 2 nitrogen and oxygen atoms in total. The van der Waals surface area contributed by atoms with Crippen molar-refractivity contribution in [2.24, 2.45) is 0 Å². The maximum absolute atomic E-state index is 12.4. The minimum absolute atomic E-state index is 0. The van der Waals surface area contributed by atoms with E-state index in [1.165, 1.54) is 5.56 Å². The Kier molecular flexibility index (Phi) is 5.36. The van der Waals surface area contributed by atoms with E-state index in [9.17, 15) is 4.79 Å². The Labute approximate surface area is 116 Å². The normalized spacial score (nSPS) is 23.6. The van der Waals surface area contributed by atoms with Crippen molar-refractivity contribution in [2.75, 3.05) is 6.54 Å². The summed E-state index contributed by atoms with van der Waals surface area (Å²) in [6.45, 7) is 4.98. The molecule has 0 heterocycles. The summed E-state index contributed by atoms with van der Waals surface area (Å²) >= 11 is 0. The van der Waals surface area contributed by atoms with Crippen LogP contribution in [0.5, 0.6) is 0 Å². The fourth-order valence-electron chi connectivity index (χ4n) is 2.84. The van der Waals surface area contributed by atoms with Crippen molar-refractivity contribution in [1.29, 1.82) is 0 Å². The van der Waals surface area contributed by atoms with Gasteiger partial charge in [0.05, 0.1) is 0 Å². The topological polar surface area (TPSA) is 29.1 Å². The predicted octanol–water partition coefficient (Wildman–Crippen LogP) is 3.36. The minimum atomic E-state index is -0.418. The van der Waals surface area contributed by atoms with Gasteiger partial charge in [-0.25, -0.2) is 0 Å². The largest absolute Gasteiger partial charge is 0.302 e. The van der Waals surface area contributed by atoms with Crippen LogP contribution in [-0.4, -0.2) is 12.3 Å². The Bertz CT molecular complexity index is 415. The van der Waals surface area contributed by atoms with Crippen LogP contribution in [0.1, 0.15) is 43.7 Å². The molecule has 0 saturated heterocycles. The first-order valence-corrected chi connectivity index (χ1v) is 6.54. The van der Waals surface area contributed by atoms with Crippen LogP contribution in [-0.2, 0) is 10.3 Å². The number of carbonyl (C=O) groups excluding carboxylic acids is 1. The van der Waals surface area contributed by atoms with E-state index in [1.54, 1.807) is 0 Å². The number of Topliss-reactive ketones (excluding diaryl/α,β-unsaturated/α-hetero) is 1. The lowest BCUT2D eigenvalue weighted by Gasteiger charge is -2.37. The van der Waals surface area contributed by atoms with E-state index in [1.807, 2.05) is 6.07 Å². The summed E-state index contributed by atoms with van der Waals surface area (Å²) < 4.78 is 0. The van der Waals surface area contributed by atoms with E-state index in [2.05, 4.69) is 37.4 Å². The molecule has 1 aromatic rings. The fraction of sp³-hybridized carbons (Fsp3) is 0.533. The highest BCUT2D eigenvalue weighted by molar-refractivity contribution is 5.90. The average Bonchev–Trinajstić information content (AvgIpc) is 2.32. The third kappa shape index (κ3) is 2.76. The standard InChI is InChI=1S/C15H21NO.ClH/c1-3-16-15(10-5-4-9-14(15)17)13-8-6-7-12(2)11-13;/h6-8,11,16H,3-5,9-10H2,1-2H3;1H. The maximum Gasteiger partial charge on any atom is 0.157 e. The molecule has 1 unspecified atom stereocenters. The number of hydrogen-bond acceptors (Lipinski definition) is 2. The van der Waals surface area contributed by atoms with Crippen LogP contribution in [0.4, 0.5) is 0 Å². The van der Waals surface area contributed by atoms with Crippen LogP contribution in [0.25, 0.3) is 0 Å². The van der Waals surface area contributed by atoms with Crippen molar-refractivity contribution in [1.82, 2.24) is 5.32 Å². The highest BCUT2D eigenvalue weighted by Crippen LogP contribution is 2.34. The van der Waals surface area contributed by atoms with Gasteiger partial charge in [0.2, 0.25) is 0 Å². The Morgan fingerprint density at radius 1 is 1.33 bits per heavy atom. The molecule has 18 heavy (non-hydrogen) atoms. The zero-order valence-corrected chi connectivity index (χ0v) is 12.0. The van der Waals surface area contributed by atoms with Crippen molar-refractivity contribution in [3.8, 4) is 0 Å². The molecule has 3 heteroatoms. The van der Waals surface area contributed by atoms with Crippen molar-refractivity contribution >= 4 is 18.2 Å². The second kappa shape index (κ2) is 6.35. The molecule has 1 N–H and O–H groups in total. The molecule has 1 aliphatic carbocycles. The Balaban J connectivity index is 0.00000162. The highest BCUT2D eigenvalue weighted by Gasteiger charge is 2.40. The van der Waals surface area contributed by atoms with Gasteiger partial charge < -0.3 is 5.32 Å². The Hall–Kier alpha value is -0.860. The lowest BCUT2D eigenvalue weighted by atomic mass is 9.75. The molecular formula is C15H22ClNO. The first-order chi connectivity index (χ1) is 8.19. The van der Waals surface area contributed by atoms with E-state index in [0.29, 0.717) is 12.2 Å². The molecule has 1 atom stereocenters. The van der Waals surface area contributed by atoms with Crippen LogP contribution in [0, 0.1) is 6.92 Å². The van der Waals surface area contributed by atoms with Gasteiger partial charge in [-0.1, -0.05) is 43.2 Å². The van der Waals surface area contributed by atoms with Gasteiger partial charge in [0, 0.05) is 6.42 Å². The molecule has 0 bridgehead atoms. The van der Waals surface area contributed by atoms with Crippen LogP contribution >= 0.6 is 12.4 Å². The van der Waals surface area contributed by atoms with Gasteiger partial charge in [-0.2, -0.15) is 0 Å². The van der Waals surface area contributed by atoms with Crippen molar-refractivity contribution in [3.63, 3.8) is 0 Å². The fourth-order valence-corrected chi connectivity index (χ4v) is 2.84. The van der Waals surface area contributed by atoms with Crippen molar-refractivity contribution < 1.29 is 4.79 Å². The smallest absolute Gasteiger partial charge is 0.157 e. The van der Waals surface area contributed by atoms with E-state index in [4.69, 9.17) is 0 Å². The van der Waals surface area contributed by atoms with E-state index >= 15 is 0 Å². The van der Waals surface area contributed by atoms with Gasteiger partial charge in [-0.15, -0.1) is 12.4 Å². The van der Waals surface area contributed by atoms with Crippen LogP contribution in [0.15, 0.2) is 24.3 Å². The van der Waals surface area contributed by atoms with Gasteiger partial charge >= 0.3 is 0 Å². The summed E-state index contributed by atoms with van der Waals surface area (Å²) in [5.41, 5.74) is 1.95. The number of carbonyl (C=O) groups is 1. The van der Waals surface area contributed by atoms with Gasteiger partial charge in [0.25, 0.3) is 0 Å². The maximum atomic E-state index is 12.4. The predicted molar refractivity (Wildman–Crippen MR) is 77.3 cm³/mol. The molecule has 0 aliphatic heterocycles. The molecule has 2 rings (SSSR count). The SMILES string of the molecule is CCNC1(c2cccc(C)c2)CCCCC1=O.Cl. The summed E-state index contributed by atoms with van der Waals surface area (Å²) in [7, 11) is 0. The van der Waals surface area contributed by atoms with E-state index < -0.39 is 5.54 Å². The number of likely N-dealkylation sites (N-methyl/N-ethyl adjacent to an activating group) is 1. The number of hydrogen-bond donors (Lipinski definition) is 1. The molecule has 0 aromatic heterocycles. The number of halogens is 1. The zero-order chi connectivity index (χ0) is 12.3. The minimum Gasteiger partial charge on any atom is -0.302 e. The molecule has 0 spiro atoms. The number of nitrogens with one attached hydrogen (secondary N) is 1. The summed E-state index contributed by atoms with van der Waals surface area (Å²) in [5.74, 6) is 0.358. The van der Waals surface area contributed by atoms with Gasteiger partial charge in [-0.3, -0.25) is 4.79 Å². The van der Waals surface area contributed by atoms with Crippen LogP contribution in [0.3, 0.4) is 0 Å². The number of ketones is 1. The van der Waals surface area contributed by atoms with E-state index in [-0.39, 0.29) is 12.4 Å². The molecule has 1 saturated carbocycles. The third-order valence-electron chi connectivity index (χ3n) is 3.67. The van der Waals surface area contributed by atoms with Crippen LogP contribution in [0.2, 0.25) is 0 Å². The monoisotopic (exact) mass is 267 g/mol. The second-order valence-corrected chi connectivity index (χ2v) is 4.94. The van der Waals surface area contributed by atoms with Crippen molar-refractivity contribution in [3.05, 3.63) is 35.4 Å². The quantitative estimate of drug-likeness (QED) is 0.910. The molecule has 0 amide bonds. The first-order valence-electron chi connectivity index (χ1n) is 6.54. The zero-order valence-electron chi connectivity index (χ0n) is 11.2. The lowest BCUT2D eigenvalue weighted by Crippen LogP contribution is -2.50. The van der Waals surface area contributed by atoms with Gasteiger partial charge in [-0.05, 0) is 31.9 Å². The molecular weight excluding hydrogens is 246 g/mol. The number of aryl methyl sites for hydroxylation is 1. The van der Waals surface area contributed by atoms with Crippen molar-refractivity contribution in [2.45, 2.75) is 45.1 Å². The molecule has 0 radical (unpaired) electrons. The van der Waals surface area contributed by atoms with E-state index in [0.717, 1.165) is 31.4 Å². The second-order valence-electron chi connectivity index (χ2n) is 4.94. The number of rotatable bonds is 3. The highest BCUT2D eigenvalue weighted by atomic mass is 35.5. The average molecular weight is 268 g/mol. The number of benzene rings is 1. The molecule has 1 aliphatic rings. The third-order valence-corrected chi connectivity index (χ3v) is 3.67. The Morgan fingerprint density at radius 2 is 2.11 bits per heavy atom. The summed E-state index contributed by atoms with van der Waals surface area (Å²) in [4.78, 5) is 12.4. The van der Waals surface area contributed by atoms with Crippen LogP contribution < -0.4 is 5.32 Å². The molecule has 1 fully saturated rings. The van der Waals surface area contributed by atoms with Gasteiger partial charge in [0.1, 0.15) is 5.54 Å². The molecule has 1 aromatic carbocycles. The summed E-state index contributed by atoms with van der Waals surface area (Å²) in [5, 5.41) is 3.44. The summed E-state index contributed by atoms with van der Waals surface area (Å²) in [6, 6.07) is 8.35.